The van der Waals surface area contributed by atoms with Crippen molar-refractivity contribution in [3.63, 3.8) is 0 Å². The van der Waals surface area contributed by atoms with Gasteiger partial charge in [-0.15, -0.1) is 0 Å². The lowest BCUT2D eigenvalue weighted by Crippen LogP contribution is -2.40. The normalized spacial score (nSPS) is 29.3. The zero-order chi connectivity index (χ0) is 22.5. The Labute approximate surface area is 188 Å². The Balaban J connectivity index is 1.38. The Morgan fingerprint density at radius 2 is 2.16 bits per heavy atom. The summed E-state index contributed by atoms with van der Waals surface area (Å²) in [4.78, 5) is 15.4. The number of aliphatic carboxylic acids is 1. The van der Waals surface area contributed by atoms with E-state index in [1.807, 2.05) is 13.0 Å². The van der Waals surface area contributed by atoms with Crippen molar-refractivity contribution in [1.82, 2.24) is 4.98 Å². The van der Waals surface area contributed by atoms with Crippen LogP contribution in [0.2, 0.25) is 0 Å². The summed E-state index contributed by atoms with van der Waals surface area (Å²) in [7, 11) is 0. The number of ether oxygens (including phenoxy) is 1. The van der Waals surface area contributed by atoms with Gasteiger partial charge in [-0.1, -0.05) is 26.0 Å². The molecule has 5 heteroatoms. The van der Waals surface area contributed by atoms with Crippen LogP contribution < -0.4 is 4.74 Å². The Morgan fingerprint density at radius 1 is 1.31 bits per heavy atom. The van der Waals surface area contributed by atoms with E-state index in [4.69, 9.17) is 4.74 Å². The first-order valence-electron chi connectivity index (χ1n) is 11.7. The van der Waals surface area contributed by atoms with E-state index < -0.39 is 12.1 Å². The number of aromatic nitrogens is 1. The van der Waals surface area contributed by atoms with E-state index in [-0.39, 0.29) is 11.2 Å². The van der Waals surface area contributed by atoms with Crippen LogP contribution in [0.1, 0.15) is 68.6 Å². The molecule has 0 saturated heterocycles. The van der Waals surface area contributed by atoms with Crippen molar-refractivity contribution in [3.8, 4) is 5.75 Å². The minimum atomic E-state index is -0.921. The van der Waals surface area contributed by atoms with Gasteiger partial charge < -0.3 is 9.84 Å². The third-order valence-electron chi connectivity index (χ3n) is 8.22. The summed E-state index contributed by atoms with van der Waals surface area (Å²) in [5, 5.41) is 9.30. The second kappa shape index (κ2) is 8.02. The highest BCUT2D eigenvalue weighted by molar-refractivity contribution is 5.73. The van der Waals surface area contributed by atoms with E-state index in [1.165, 1.54) is 22.9 Å². The summed E-state index contributed by atoms with van der Waals surface area (Å²) >= 11 is 0. The van der Waals surface area contributed by atoms with Gasteiger partial charge in [0.25, 0.3) is 0 Å². The lowest BCUT2D eigenvalue weighted by Gasteiger charge is -2.50. The smallest absolute Gasteiger partial charge is 0.344 e. The van der Waals surface area contributed by atoms with E-state index in [2.05, 4.69) is 30.1 Å². The molecular formula is C27H30FNO3. The monoisotopic (exact) mass is 435 g/mol. The third-order valence-corrected chi connectivity index (χ3v) is 8.22. The molecule has 5 atom stereocenters. The van der Waals surface area contributed by atoms with Gasteiger partial charge in [-0.3, -0.25) is 4.98 Å². The van der Waals surface area contributed by atoms with Crippen molar-refractivity contribution >= 4 is 11.5 Å². The molecule has 0 amide bonds. The van der Waals surface area contributed by atoms with Crippen LogP contribution in [0.3, 0.4) is 0 Å². The highest BCUT2D eigenvalue weighted by Gasteiger charge is 2.52. The van der Waals surface area contributed by atoms with E-state index >= 15 is 0 Å². The van der Waals surface area contributed by atoms with E-state index in [1.54, 1.807) is 12.3 Å². The molecule has 0 spiro atoms. The van der Waals surface area contributed by atoms with Crippen molar-refractivity contribution in [2.75, 3.05) is 0 Å². The second-order valence-corrected chi connectivity index (χ2v) is 9.83. The average Bonchev–Trinajstić information content (AvgIpc) is 3.14. The first kappa shape index (κ1) is 21.2. The Morgan fingerprint density at radius 3 is 2.91 bits per heavy atom. The number of benzene rings is 1. The number of halogens is 1. The molecule has 1 unspecified atom stereocenters. The van der Waals surface area contributed by atoms with Crippen molar-refractivity contribution in [2.45, 2.75) is 64.4 Å². The predicted molar refractivity (Wildman–Crippen MR) is 121 cm³/mol. The van der Waals surface area contributed by atoms with Gasteiger partial charge in [0.2, 0.25) is 0 Å². The molecule has 1 fully saturated rings. The van der Waals surface area contributed by atoms with E-state index in [0.717, 1.165) is 37.7 Å². The number of nitrogens with zero attached hydrogens (tertiary/aromatic N) is 1. The number of fused-ring (bicyclic) bond motifs is 5. The summed E-state index contributed by atoms with van der Waals surface area (Å²) in [5.41, 5.74) is 4.96. The van der Waals surface area contributed by atoms with Gasteiger partial charge in [0.1, 0.15) is 11.6 Å². The fourth-order valence-electron chi connectivity index (χ4n) is 6.68. The van der Waals surface area contributed by atoms with Gasteiger partial charge in [-0.25, -0.2) is 9.18 Å². The lowest BCUT2D eigenvalue weighted by atomic mass is 9.54. The maximum absolute atomic E-state index is 13.8. The maximum atomic E-state index is 13.8. The predicted octanol–water partition coefficient (Wildman–Crippen LogP) is 6.01. The first-order chi connectivity index (χ1) is 15.4. The van der Waals surface area contributed by atoms with Gasteiger partial charge in [0.05, 0.1) is 6.20 Å². The molecule has 1 saturated carbocycles. The molecule has 4 nitrogen and oxygen atoms in total. The molecule has 0 radical (unpaired) electrons. The number of pyridine rings is 1. The quantitative estimate of drug-likeness (QED) is 0.625. The van der Waals surface area contributed by atoms with Gasteiger partial charge >= 0.3 is 5.97 Å². The van der Waals surface area contributed by atoms with Gasteiger partial charge in [-0.2, -0.15) is 0 Å². The largest absolute Gasteiger partial charge is 0.479 e. The summed E-state index contributed by atoms with van der Waals surface area (Å²) < 4.78 is 19.6. The molecule has 1 aromatic heterocycles. The van der Waals surface area contributed by atoms with E-state index in [9.17, 15) is 14.3 Å². The Bertz CT molecular complexity index is 1080. The molecule has 32 heavy (non-hydrogen) atoms. The summed E-state index contributed by atoms with van der Waals surface area (Å²) in [6, 6.07) is 7.79. The molecule has 3 aliphatic rings. The number of aryl methyl sites for hydroxylation is 1. The molecule has 0 bridgehead atoms. The molecule has 0 aliphatic heterocycles. The fourth-order valence-corrected chi connectivity index (χ4v) is 6.68. The lowest BCUT2D eigenvalue weighted by molar-refractivity contribution is -0.145. The fraction of sp³-hybridized carbons (Fsp3) is 0.481. The van der Waals surface area contributed by atoms with Gasteiger partial charge in [0, 0.05) is 6.20 Å². The van der Waals surface area contributed by atoms with Crippen molar-refractivity contribution < 1.29 is 19.0 Å². The van der Waals surface area contributed by atoms with Crippen LogP contribution in [0, 0.1) is 23.1 Å². The molecule has 1 N–H and O–H groups in total. The highest BCUT2D eigenvalue weighted by atomic mass is 19.1. The zero-order valence-electron chi connectivity index (χ0n) is 18.7. The van der Waals surface area contributed by atoms with Crippen LogP contribution in [0.15, 0.2) is 42.7 Å². The van der Waals surface area contributed by atoms with Crippen LogP contribution in [-0.2, 0) is 11.2 Å². The molecule has 168 valence electrons. The zero-order valence-corrected chi connectivity index (χ0v) is 18.7. The van der Waals surface area contributed by atoms with Crippen LogP contribution in [-0.4, -0.2) is 22.2 Å². The first-order valence-corrected chi connectivity index (χ1v) is 11.7. The molecule has 3 aliphatic carbocycles. The Kier molecular flexibility index (Phi) is 5.31. The molecule has 2 aromatic rings. The van der Waals surface area contributed by atoms with Crippen LogP contribution in [0.5, 0.6) is 5.75 Å². The van der Waals surface area contributed by atoms with Crippen molar-refractivity contribution in [2.24, 2.45) is 17.3 Å². The van der Waals surface area contributed by atoms with E-state index in [0.29, 0.717) is 29.9 Å². The number of hydrogen-bond acceptors (Lipinski definition) is 3. The van der Waals surface area contributed by atoms with Gasteiger partial charge in [0.15, 0.2) is 6.10 Å². The standard InChI is InChI=1S/C27H30FNO3/c1-3-25(26(30)31)32-19-5-7-20-16(13-19)4-6-22-21(20)10-11-27(2)23(8-9-24(22)27)17-12-18(28)15-29-14-17/h5,7-8,12-15,21-22,24-25H,3-4,6,9-11H2,1-2H3,(H,30,31)/t21-,22-,24+,25?,27-/m1/s1. The number of carboxylic acid groups (broad SMARTS) is 1. The van der Waals surface area contributed by atoms with Crippen molar-refractivity contribution in [1.29, 1.82) is 0 Å². The summed E-state index contributed by atoms with van der Waals surface area (Å²) in [6.45, 7) is 4.19. The van der Waals surface area contributed by atoms with Crippen LogP contribution >= 0.6 is 0 Å². The minimum Gasteiger partial charge on any atom is -0.479 e. The maximum Gasteiger partial charge on any atom is 0.344 e. The number of hydrogen-bond donors (Lipinski definition) is 1. The summed E-state index contributed by atoms with van der Waals surface area (Å²) in [5.74, 6) is 1.13. The number of rotatable bonds is 5. The molecular weight excluding hydrogens is 405 g/mol. The third kappa shape index (κ3) is 3.42. The number of carboxylic acids is 1. The van der Waals surface area contributed by atoms with Gasteiger partial charge in [-0.05, 0) is 102 Å². The average molecular weight is 436 g/mol. The SMILES string of the molecule is CCC(Oc1ccc2c(c1)CC[C@@H]1[C@@H]2CC[C@]2(C)C(c3cncc(F)c3)=CC[C@@H]12)C(=O)O. The second-order valence-electron chi connectivity index (χ2n) is 9.83. The number of allylic oxidation sites excluding steroid dienone is 2. The molecule has 1 heterocycles. The van der Waals surface area contributed by atoms with Crippen molar-refractivity contribution in [3.05, 3.63) is 65.2 Å². The number of carbonyl (C=O) groups is 1. The van der Waals surface area contributed by atoms with Crippen LogP contribution in [0.25, 0.3) is 5.57 Å². The molecule has 5 rings (SSSR count). The minimum absolute atomic E-state index is 0.0625. The molecule has 1 aromatic carbocycles. The summed E-state index contributed by atoms with van der Waals surface area (Å²) in [6.07, 6.45) is 10.4. The van der Waals surface area contributed by atoms with Crippen LogP contribution in [0.4, 0.5) is 4.39 Å². The highest BCUT2D eigenvalue weighted by Crippen LogP contribution is 2.63. The Hall–Kier alpha value is -2.69. The topological polar surface area (TPSA) is 59.4 Å².